The maximum atomic E-state index is 12.8. The Balaban J connectivity index is 1.67. The van der Waals surface area contributed by atoms with Crippen molar-refractivity contribution in [3.63, 3.8) is 0 Å². The van der Waals surface area contributed by atoms with Crippen molar-refractivity contribution in [1.82, 2.24) is 14.5 Å². The third-order valence-corrected chi connectivity index (χ3v) is 5.80. The van der Waals surface area contributed by atoms with Crippen molar-refractivity contribution in [3.8, 4) is 0 Å². The molecule has 8 heteroatoms. The van der Waals surface area contributed by atoms with E-state index in [2.05, 4.69) is 14.9 Å². The molecule has 3 aromatic rings. The molecule has 2 N–H and O–H groups in total. The first kappa shape index (κ1) is 15.8. The molecule has 0 saturated heterocycles. The van der Waals surface area contributed by atoms with Crippen LogP contribution in [0, 0.1) is 0 Å². The lowest BCUT2D eigenvalue weighted by Gasteiger charge is -2.28. The predicted molar refractivity (Wildman–Crippen MR) is 95.5 cm³/mol. The van der Waals surface area contributed by atoms with Crippen LogP contribution in [-0.2, 0) is 23.2 Å². The Morgan fingerprint density at radius 1 is 1.00 bits per heavy atom. The van der Waals surface area contributed by atoms with E-state index in [-0.39, 0.29) is 11.4 Å². The van der Waals surface area contributed by atoms with Crippen molar-refractivity contribution in [2.75, 3.05) is 11.3 Å². The first-order chi connectivity index (χ1) is 12.0. The molecule has 0 fully saturated rings. The molecule has 2 aromatic carbocycles. The number of H-pyrrole nitrogens is 1. The number of hydrogen-bond donors (Lipinski definition) is 2. The highest BCUT2D eigenvalue weighted by Crippen LogP contribution is 2.23. The van der Waals surface area contributed by atoms with E-state index < -0.39 is 10.2 Å². The van der Waals surface area contributed by atoms with E-state index in [1.807, 2.05) is 24.3 Å². The first-order valence-corrected chi connectivity index (χ1v) is 9.31. The van der Waals surface area contributed by atoms with Crippen LogP contribution in [0.25, 0.3) is 10.8 Å². The maximum Gasteiger partial charge on any atom is 0.303 e. The zero-order valence-electron chi connectivity index (χ0n) is 13.3. The number of aromatic nitrogens is 2. The lowest BCUT2D eigenvalue weighted by Crippen LogP contribution is -2.39. The summed E-state index contributed by atoms with van der Waals surface area (Å²) in [5.41, 5.74) is 1.81. The summed E-state index contributed by atoms with van der Waals surface area (Å²) < 4.78 is 29.4. The van der Waals surface area contributed by atoms with Crippen molar-refractivity contribution in [1.29, 1.82) is 0 Å². The first-order valence-electron chi connectivity index (χ1n) is 7.87. The van der Waals surface area contributed by atoms with E-state index in [9.17, 15) is 13.2 Å². The minimum absolute atomic E-state index is 0.119. The summed E-state index contributed by atoms with van der Waals surface area (Å²) in [7, 11) is -3.78. The SMILES string of the molecule is O=c1[nH]nc(NS(=O)(=O)N2CCc3ccccc3C2)c2ccccc12. The molecule has 1 aromatic heterocycles. The van der Waals surface area contributed by atoms with Crippen LogP contribution in [0.4, 0.5) is 5.82 Å². The molecule has 0 aliphatic carbocycles. The topological polar surface area (TPSA) is 95.2 Å². The lowest BCUT2D eigenvalue weighted by atomic mass is 10.0. The summed E-state index contributed by atoms with van der Waals surface area (Å²) in [5.74, 6) is 0.119. The number of hydrogen-bond acceptors (Lipinski definition) is 4. The number of fused-ring (bicyclic) bond motifs is 2. The Labute approximate surface area is 144 Å². The molecule has 4 rings (SSSR count). The minimum atomic E-state index is -3.78. The fourth-order valence-corrected chi connectivity index (χ4v) is 4.22. The van der Waals surface area contributed by atoms with Gasteiger partial charge < -0.3 is 0 Å². The normalized spacial score (nSPS) is 15.0. The summed E-state index contributed by atoms with van der Waals surface area (Å²) in [5, 5.41) is 7.06. The number of nitrogens with one attached hydrogen (secondary N) is 2. The van der Waals surface area contributed by atoms with Crippen LogP contribution in [0.2, 0.25) is 0 Å². The third kappa shape index (κ3) is 2.90. The highest BCUT2D eigenvalue weighted by Gasteiger charge is 2.27. The number of benzene rings is 2. The zero-order valence-corrected chi connectivity index (χ0v) is 14.1. The summed E-state index contributed by atoms with van der Waals surface area (Å²) in [6, 6.07) is 14.6. The molecule has 0 saturated carbocycles. The third-order valence-electron chi connectivity index (χ3n) is 4.36. The van der Waals surface area contributed by atoms with Gasteiger partial charge in [-0.15, -0.1) is 0 Å². The van der Waals surface area contributed by atoms with Gasteiger partial charge in [-0.1, -0.05) is 42.5 Å². The number of aromatic amines is 1. The molecule has 25 heavy (non-hydrogen) atoms. The van der Waals surface area contributed by atoms with Crippen molar-refractivity contribution >= 4 is 26.8 Å². The largest absolute Gasteiger partial charge is 0.303 e. The van der Waals surface area contributed by atoms with Gasteiger partial charge in [0.05, 0.1) is 5.39 Å². The van der Waals surface area contributed by atoms with E-state index in [4.69, 9.17) is 0 Å². The van der Waals surface area contributed by atoms with E-state index in [1.54, 1.807) is 24.3 Å². The van der Waals surface area contributed by atoms with Crippen LogP contribution in [0.1, 0.15) is 11.1 Å². The smallest absolute Gasteiger partial charge is 0.267 e. The fourth-order valence-electron chi connectivity index (χ4n) is 3.05. The number of nitrogens with zero attached hydrogens (tertiary/aromatic N) is 2. The number of rotatable bonds is 3. The molecule has 0 atom stereocenters. The predicted octanol–water partition coefficient (Wildman–Crippen LogP) is 1.64. The lowest BCUT2D eigenvalue weighted by molar-refractivity contribution is 0.394. The Morgan fingerprint density at radius 3 is 2.48 bits per heavy atom. The van der Waals surface area contributed by atoms with Crippen LogP contribution < -0.4 is 10.3 Å². The van der Waals surface area contributed by atoms with Crippen LogP contribution in [0.3, 0.4) is 0 Å². The Bertz CT molecular complexity index is 1110. The Morgan fingerprint density at radius 2 is 1.68 bits per heavy atom. The summed E-state index contributed by atoms with van der Waals surface area (Å²) >= 11 is 0. The Kier molecular flexibility index (Phi) is 3.78. The van der Waals surface area contributed by atoms with Gasteiger partial charge in [0.15, 0.2) is 5.82 Å². The second-order valence-corrected chi connectivity index (χ2v) is 7.58. The molecule has 128 valence electrons. The van der Waals surface area contributed by atoms with E-state index in [0.29, 0.717) is 30.3 Å². The molecular formula is C17H16N4O3S. The van der Waals surface area contributed by atoms with Gasteiger partial charge in [0.2, 0.25) is 0 Å². The van der Waals surface area contributed by atoms with E-state index in [1.165, 1.54) is 9.87 Å². The maximum absolute atomic E-state index is 12.8. The summed E-state index contributed by atoms with van der Waals surface area (Å²) in [6.07, 6.45) is 0.664. The van der Waals surface area contributed by atoms with Gasteiger partial charge in [-0.3, -0.25) is 9.52 Å². The van der Waals surface area contributed by atoms with Crippen molar-refractivity contribution < 1.29 is 8.42 Å². The van der Waals surface area contributed by atoms with Gasteiger partial charge >= 0.3 is 10.2 Å². The van der Waals surface area contributed by atoms with E-state index >= 15 is 0 Å². The Hall–Kier alpha value is -2.71. The molecule has 2 heterocycles. The average molecular weight is 356 g/mol. The van der Waals surface area contributed by atoms with Crippen LogP contribution >= 0.6 is 0 Å². The highest BCUT2D eigenvalue weighted by atomic mass is 32.2. The molecule has 0 unspecified atom stereocenters. The van der Waals surface area contributed by atoms with Gasteiger partial charge in [-0.25, -0.2) is 5.10 Å². The van der Waals surface area contributed by atoms with E-state index in [0.717, 1.165) is 5.56 Å². The minimum Gasteiger partial charge on any atom is -0.267 e. The van der Waals surface area contributed by atoms with Crippen LogP contribution in [0.15, 0.2) is 53.3 Å². The van der Waals surface area contributed by atoms with Crippen LogP contribution in [0.5, 0.6) is 0 Å². The molecule has 0 radical (unpaired) electrons. The van der Waals surface area contributed by atoms with Gasteiger partial charge in [0.1, 0.15) is 0 Å². The van der Waals surface area contributed by atoms with Gasteiger partial charge in [-0.05, 0) is 23.6 Å². The molecule has 1 aliphatic rings. The summed E-state index contributed by atoms with van der Waals surface area (Å²) in [4.78, 5) is 11.8. The zero-order chi connectivity index (χ0) is 17.4. The molecule has 0 bridgehead atoms. The van der Waals surface area contributed by atoms with Crippen molar-refractivity contribution in [2.24, 2.45) is 0 Å². The standard InChI is InChI=1S/C17H16N4O3S/c22-17-15-8-4-3-7-14(15)16(18-19-17)20-25(23,24)21-10-9-12-5-1-2-6-13(12)11-21/h1-8H,9-11H2,(H,18,20)(H,19,22). The highest BCUT2D eigenvalue weighted by molar-refractivity contribution is 7.90. The fraction of sp³-hybridized carbons (Fsp3) is 0.176. The summed E-state index contributed by atoms with van der Waals surface area (Å²) in [6.45, 7) is 0.709. The molecule has 0 amide bonds. The van der Waals surface area contributed by atoms with Crippen molar-refractivity contribution in [3.05, 3.63) is 70.0 Å². The molecule has 1 aliphatic heterocycles. The van der Waals surface area contributed by atoms with Crippen LogP contribution in [-0.4, -0.2) is 29.5 Å². The molecule has 7 nitrogen and oxygen atoms in total. The van der Waals surface area contributed by atoms with Gasteiger partial charge in [0.25, 0.3) is 5.56 Å². The second kappa shape index (κ2) is 5.98. The monoisotopic (exact) mass is 356 g/mol. The quantitative estimate of drug-likeness (QED) is 0.746. The average Bonchev–Trinajstić information content (AvgIpc) is 2.64. The van der Waals surface area contributed by atoms with Gasteiger partial charge in [0, 0.05) is 18.5 Å². The molecule has 0 spiro atoms. The molecular weight excluding hydrogens is 340 g/mol. The second-order valence-electron chi connectivity index (χ2n) is 5.91. The van der Waals surface area contributed by atoms with Gasteiger partial charge in [-0.2, -0.15) is 17.8 Å². The van der Waals surface area contributed by atoms with Crippen molar-refractivity contribution in [2.45, 2.75) is 13.0 Å². The number of anilines is 1.